The van der Waals surface area contributed by atoms with E-state index in [1.165, 1.54) is 4.90 Å². The highest BCUT2D eigenvalue weighted by molar-refractivity contribution is 6.24. The molecule has 0 saturated heterocycles. The van der Waals surface area contributed by atoms with Gasteiger partial charge in [0.05, 0.1) is 23.1 Å². The standard InChI is InChI=1S/C32H37N5O7/c1-15(34-14-16-9-7-6-8-10-16)35-20-13-21(36(2)3)18-11-17-12-19-25(37(4)5)28(40)24(31(33)43)30(42)32(19,44)29(41)22(17)27(39)23(18)26(20)38/h6-10,13,17,19,25,34-35,38-39,42,44H,1,11-12,14H2,2-5H3,(H2,33,43)/t17-,19-,25?,32-/m0/s1. The molecule has 2 aromatic carbocycles. The summed E-state index contributed by atoms with van der Waals surface area (Å²) < 4.78 is 0. The largest absolute Gasteiger partial charge is 0.508 e. The van der Waals surface area contributed by atoms with E-state index < -0.39 is 58.0 Å². The molecule has 0 heterocycles. The molecule has 2 aromatic rings. The third-order valence-corrected chi connectivity index (χ3v) is 8.81. The first-order chi connectivity index (χ1) is 20.7. The Bertz CT molecular complexity index is 1650. The van der Waals surface area contributed by atoms with Gasteiger partial charge in [0.15, 0.2) is 11.4 Å². The van der Waals surface area contributed by atoms with Gasteiger partial charge >= 0.3 is 0 Å². The second kappa shape index (κ2) is 11.0. The third-order valence-electron chi connectivity index (χ3n) is 8.81. The molecule has 0 radical (unpaired) electrons. The number of hydrogen-bond donors (Lipinski definition) is 7. The van der Waals surface area contributed by atoms with E-state index in [0.717, 1.165) is 5.56 Å². The zero-order valence-corrected chi connectivity index (χ0v) is 25.0. The minimum Gasteiger partial charge on any atom is -0.508 e. The van der Waals surface area contributed by atoms with Crippen molar-refractivity contribution in [2.75, 3.05) is 38.4 Å². The monoisotopic (exact) mass is 603 g/mol. The average molecular weight is 604 g/mol. The number of carbonyl (C=O) groups excluding carboxylic acids is 3. The number of amides is 1. The van der Waals surface area contributed by atoms with Crippen LogP contribution in [-0.4, -0.2) is 82.6 Å². The molecule has 44 heavy (non-hydrogen) atoms. The van der Waals surface area contributed by atoms with Gasteiger partial charge in [-0.1, -0.05) is 36.9 Å². The van der Waals surface area contributed by atoms with Gasteiger partial charge in [0.2, 0.25) is 5.78 Å². The van der Waals surface area contributed by atoms with Gasteiger partial charge in [0.1, 0.15) is 22.8 Å². The number of anilines is 2. The fourth-order valence-corrected chi connectivity index (χ4v) is 6.80. The van der Waals surface area contributed by atoms with E-state index in [0.29, 0.717) is 23.6 Å². The van der Waals surface area contributed by atoms with Crippen LogP contribution in [0.15, 0.2) is 65.7 Å². The van der Waals surface area contributed by atoms with Gasteiger partial charge in [-0.05, 0) is 50.0 Å². The van der Waals surface area contributed by atoms with Gasteiger partial charge in [0.25, 0.3) is 5.91 Å². The average Bonchev–Trinajstić information content (AvgIpc) is 2.95. The number of nitrogens with zero attached hydrogens (tertiary/aromatic N) is 2. The number of fused-ring (bicyclic) bond motifs is 3. The summed E-state index contributed by atoms with van der Waals surface area (Å²) in [5.74, 6) is -6.60. The number of hydrogen-bond acceptors (Lipinski definition) is 11. The number of likely N-dealkylation sites (N-methyl/N-ethyl adjacent to an activating group) is 1. The first kappa shape index (κ1) is 30.6. The van der Waals surface area contributed by atoms with Crippen molar-refractivity contribution in [1.82, 2.24) is 10.2 Å². The highest BCUT2D eigenvalue weighted by atomic mass is 16.3. The highest BCUT2D eigenvalue weighted by Gasteiger charge is 2.64. The Morgan fingerprint density at radius 2 is 1.77 bits per heavy atom. The summed E-state index contributed by atoms with van der Waals surface area (Å²) in [6.07, 6.45) is 0.197. The number of carbonyl (C=O) groups is 3. The van der Waals surface area contributed by atoms with Crippen molar-refractivity contribution in [3.63, 3.8) is 0 Å². The predicted octanol–water partition coefficient (Wildman–Crippen LogP) is 1.70. The number of primary amides is 1. The van der Waals surface area contributed by atoms with Crippen molar-refractivity contribution in [2.45, 2.75) is 31.0 Å². The van der Waals surface area contributed by atoms with Crippen molar-refractivity contribution in [3.05, 3.63) is 82.4 Å². The smallest absolute Gasteiger partial charge is 0.255 e. The molecule has 232 valence electrons. The molecular weight excluding hydrogens is 566 g/mol. The zero-order chi connectivity index (χ0) is 32.2. The highest BCUT2D eigenvalue weighted by Crippen LogP contribution is 2.54. The lowest BCUT2D eigenvalue weighted by atomic mass is 9.57. The molecule has 8 N–H and O–H groups in total. The fraction of sp³-hybridized carbons (Fsp3) is 0.344. The molecule has 0 spiro atoms. The maximum Gasteiger partial charge on any atom is 0.255 e. The van der Waals surface area contributed by atoms with Gasteiger partial charge in [-0.15, -0.1) is 0 Å². The Morgan fingerprint density at radius 3 is 2.36 bits per heavy atom. The number of nitrogens with one attached hydrogen (secondary N) is 2. The number of rotatable bonds is 8. The molecule has 3 aliphatic carbocycles. The van der Waals surface area contributed by atoms with E-state index in [2.05, 4.69) is 17.2 Å². The second-order valence-corrected chi connectivity index (χ2v) is 11.9. The van der Waals surface area contributed by atoms with E-state index in [1.807, 2.05) is 35.2 Å². The van der Waals surface area contributed by atoms with Gasteiger partial charge in [-0.25, -0.2) is 0 Å². The summed E-state index contributed by atoms with van der Waals surface area (Å²) in [6, 6.07) is 10.2. The molecule has 0 aliphatic heterocycles. The molecule has 1 saturated carbocycles. The molecule has 12 heteroatoms. The third kappa shape index (κ3) is 4.66. The molecular formula is C32H37N5O7. The number of aliphatic hydroxyl groups is 3. The van der Waals surface area contributed by atoms with Gasteiger partial charge < -0.3 is 41.7 Å². The molecule has 3 aliphatic rings. The zero-order valence-electron chi connectivity index (χ0n) is 25.0. The molecule has 1 fully saturated rings. The first-order valence-corrected chi connectivity index (χ1v) is 14.1. The maximum absolute atomic E-state index is 14.1. The molecule has 4 atom stereocenters. The van der Waals surface area contributed by atoms with E-state index >= 15 is 0 Å². The van der Waals surface area contributed by atoms with E-state index in [1.54, 1.807) is 34.3 Å². The number of nitrogens with two attached hydrogens (primary N) is 1. The first-order valence-electron chi connectivity index (χ1n) is 14.1. The summed E-state index contributed by atoms with van der Waals surface area (Å²) in [5, 5.41) is 52.2. The van der Waals surface area contributed by atoms with Crippen molar-refractivity contribution in [2.24, 2.45) is 17.6 Å². The van der Waals surface area contributed by atoms with Gasteiger partial charge in [-0.3, -0.25) is 19.3 Å². The predicted molar refractivity (Wildman–Crippen MR) is 165 cm³/mol. The molecule has 0 bridgehead atoms. The van der Waals surface area contributed by atoms with Crippen molar-refractivity contribution >= 4 is 34.6 Å². The van der Waals surface area contributed by atoms with Gasteiger partial charge in [-0.2, -0.15) is 0 Å². The Labute approximate surface area is 254 Å². The van der Waals surface area contributed by atoms with Crippen LogP contribution in [-0.2, 0) is 27.3 Å². The normalized spacial score (nSPS) is 24.5. The van der Waals surface area contributed by atoms with Crippen LogP contribution in [0.4, 0.5) is 11.4 Å². The van der Waals surface area contributed by atoms with Crippen molar-refractivity contribution < 1.29 is 34.8 Å². The lowest BCUT2D eigenvalue weighted by molar-refractivity contribution is -0.153. The van der Waals surface area contributed by atoms with Crippen LogP contribution in [0.1, 0.15) is 23.1 Å². The van der Waals surface area contributed by atoms with Crippen molar-refractivity contribution in [1.29, 1.82) is 0 Å². The number of Topliss-reactive ketones (excluding diaryl/α,β-unsaturated/α-hetero) is 2. The van der Waals surface area contributed by atoms with E-state index in [-0.39, 0.29) is 35.4 Å². The quantitative estimate of drug-likeness (QED) is 0.172. The lowest BCUT2D eigenvalue weighted by Crippen LogP contribution is -2.65. The van der Waals surface area contributed by atoms with Crippen LogP contribution < -0.4 is 21.3 Å². The van der Waals surface area contributed by atoms with Crippen molar-refractivity contribution in [3.8, 4) is 5.75 Å². The fourth-order valence-electron chi connectivity index (χ4n) is 6.80. The Morgan fingerprint density at radius 1 is 1.11 bits per heavy atom. The summed E-state index contributed by atoms with van der Waals surface area (Å²) in [6.45, 7) is 4.45. The molecule has 5 rings (SSSR count). The number of aliphatic hydroxyl groups excluding tert-OH is 2. The van der Waals surface area contributed by atoms with Crippen LogP contribution in [0.2, 0.25) is 0 Å². The van der Waals surface area contributed by atoms with Crippen LogP contribution in [0.25, 0.3) is 5.76 Å². The molecule has 12 nitrogen and oxygen atoms in total. The van der Waals surface area contributed by atoms with Crippen LogP contribution >= 0.6 is 0 Å². The number of phenolic OH excluding ortho intramolecular Hbond substituents is 1. The van der Waals surface area contributed by atoms with E-state index in [4.69, 9.17) is 5.73 Å². The van der Waals surface area contributed by atoms with Crippen LogP contribution in [0.3, 0.4) is 0 Å². The number of phenols is 1. The Balaban J connectivity index is 1.60. The SMILES string of the molecule is C=C(NCc1ccccc1)Nc1cc(N(C)C)c2c(c1O)C(O)=C1C(=O)[C@]3(O)C(O)=C(C(N)=O)C(=O)C(N(C)C)[C@@H]3C[C@@H]1C2. The van der Waals surface area contributed by atoms with E-state index in [9.17, 15) is 34.8 Å². The minimum atomic E-state index is -2.70. The van der Waals surface area contributed by atoms with Crippen LogP contribution in [0.5, 0.6) is 5.75 Å². The summed E-state index contributed by atoms with van der Waals surface area (Å²) in [7, 11) is 6.73. The summed E-state index contributed by atoms with van der Waals surface area (Å²) in [5.41, 5.74) is 4.06. The number of aromatic hydroxyl groups is 1. The summed E-state index contributed by atoms with van der Waals surface area (Å²) in [4.78, 5) is 42.9. The van der Waals surface area contributed by atoms with Gasteiger partial charge in [0, 0.05) is 37.8 Å². The molecule has 1 amide bonds. The molecule has 0 aromatic heterocycles. The lowest BCUT2D eigenvalue weighted by Gasteiger charge is -2.50. The maximum atomic E-state index is 14.1. The minimum absolute atomic E-state index is 0.00847. The Kier molecular flexibility index (Phi) is 7.68. The number of benzene rings is 2. The summed E-state index contributed by atoms with van der Waals surface area (Å²) >= 11 is 0. The molecule has 1 unspecified atom stereocenters. The van der Waals surface area contributed by atoms with Crippen LogP contribution in [0, 0.1) is 11.8 Å². The topological polar surface area (TPSA) is 189 Å². The Hall–Kier alpha value is -4.81. The number of ketones is 2. The second-order valence-electron chi connectivity index (χ2n) is 11.9.